The van der Waals surface area contributed by atoms with Gasteiger partial charge in [-0.3, -0.25) is 0 Å². The molecule has 2 rings (SSSR count). The van der Waals surface area contributed by atoms with Crippen molar-refractivity contribution in [2.24, 2.45) is 0 Å². The van der Waals surface area contributed by atoms with E-state index in [0.29, 0.717) is 16.9 Å². The third-order valence-corrected chi connectivity index (χ3v) is 2.96. The zero-order valence-electron chi connectivity index (χ0n) is 10.7. The second kappa shape index (κ2) is 5.28. The molecule has 0 spiro atoms. The van der Waals surface area contributed by atoms with E-state index in [9.17, 15) is 13.2 Å². The monoisotopic (exact) mass is 301 g/mol. The number of alkyl halides is 3. The Morgan fingerprint density at radius 1 is 1.35 bits per heavy atom. The molecule has 0 fully saturated rings. The Balaban J connectivity index is 2.54. The van der Waals surface area contributed by atoms with Crippen LogP contribution in [0.2, 0.25) is 5.15 Å². The first kappa shape index (κ1) is 14.6. The summed E-state index contributed by atoms with van der Waals surface area (Å²) in [5.74, 6) is 0. The van der Waals surface area contributed by atoms with E-state index in [4.69, 9.17) is 11.6 Å². The fraction of sp³-hybridized carbons (Fsp3) is 0.231. The first-order valence-electron chi connectivity index (χ1n) is 5.75. The van der Waals surface area contributed by atoms with E-state index in [1.165, 1.54) is 10.7 Å². The molecule has 0 N–H and O–H groups in total. The van der Waals surface area contributed by atoms with E-state index in [1.807, 2.05) is 0 Å². The third kappa shape index (κ3) is 2.85. The summed E-state index contributed by atoms with van der Waals surface area (Å²) in [5.41, 5.74) is 0.653. The molecular formula is C13H11ClF3N3. The maximum absolute atomic E-state index is 12.6. The minimum atomic E-state index is -4.36. The SMILES string of the molecule is C/C=C(\C=C(/C)C(F)(F)F)c1cnc2ccc(Cl)nn12. The minimum Gasteiger partial charge on any atom is -0.235 e. The van der Waals surface area contributed by atoms with Gasteiger partial charge in [0, 0.05) is 5.57 Å². The molecule has 0 aliphatic heterocycles. The van der Waals surface area contributed by atoms with Crippen LogP contribution in [0.5, 0.6) is 0 Å². The normalized spacial score (nSPS) is 14.1. The lowest BCUT2D eigenvalue weighted by Gasteiger charge is -2.08. The van der Waals surface area contributed by atoms with E-state index >= 15 is 0 Å². The fourth-order valence-electron chi connectivity index (χ4n) is 1.67. The first-order valence-corrected chi connectivity index (χ1v) is 6.13. The largest absolute Gasteiger partial charge is 0.412 e. The van der Waals surface area contributed by atoms with Gasteiger partial charge in [-0.05, 0) is 37.6 Å². The average molecular weight is 302 g/mol. The van der Waals surface area contributed by atoms with E-state index in [-0.39, 0.29) is 5.15 Å². The molecule has 2 heterocycles. The van der Waals surface area contributed by atoms with E-state index in [0.717, 1.165) is 13.0 Å². The van der Waals surface area contributed by atoms with Gasteiger partial charge in [0.05, 0.1) is 11.9 Å². The summed E-state index contributed by atoms with van der Waals surface area (Å²) >= 11 is 5.80. The maximum Gasteiger partial charge on any atom is 0.412 e. The van der Waals surface area contributed by atoms with Gasteiger partial charge in [-0.2, -0.15) is 18.3 Å². The summed E-state index contributed by atoms with van der Waals surface area (Å²) < 4.78 is 39.2. The predicted octanol–water partition coefficient (Wildman–Crippen LogP) is 4.29. The van der Waals surface area contributed by atoms with Crippen molar-refractivity contribution in [3.63, 3.8) is 0 Å². The highest BCUT2D eigenvalue weighted by molar-refractivity contribution is 6.29. The van der Waals surface area contributed by atoms with Gasteiger partial charge in [-0.15, -0.1) is 0 Å². The van der Waals surface area contributed by atoms with Crippen molar-refractivity contribution < 1.29 is 13.2 Å². The summed E-state index contributed by atoms with van der Waals surface area (Å²) in [4.78, 5) is 4.09. The van der Waals surface area contributed by atoms with E-state index < -0.39 is 11.7 Å². The molecule has 0 amide bonds. The van der Waals surface area contributed by atoms with Crippen LogP contribution in [0.25, 0.3) is 11.2 Å². The van der Waals surface area contributed by atoms with Crippen molar-refractivity contribution in [3.05, 3.63) is 46.9 Å². The molecule has 0 aliphatic carbocycles. The zero-order valence-corrected chi connectivity index (χ0v) is 11.5. The molecule has 0 atom stereocenters. The number of hydrogen-bond donors (Lipinski definition) is 0. The van der Waals surface area contributed by atoms with Gasteiger partial charge in [0.15, 0.2) is 5.65 Å². The third-order valence-electron chi connectivity index (χ3n) is 2.76. The molecular weight excluding hydrogens is 291 g/mol. The number of nitrogens with zero attached hydrogens (tertiary/aromatic N) is 3. The standard InChI is InChI=1S/C13H11ClF3N3/c1-3-9(6-8(2)13(15,16)17)10-7-18-12-5-4-11(14)19-20(10)12/h3-7H,1-2H3/b8-6+,9-3+. The lowest BCUT2D eigenvalue weighted by atomic mass is 10.1. The highest BCUT2D eigenvalue weighted by atomic mass is 35.5. The number of fused-ring (bicyclic) bond motifs is 1. The molecule has 0 saturated carbocycles. The number of rotatable bonds is 2. The number of aromatic nitrogens is 3. The van der Waals surface area contributed by atoms with Crippen LogP contribution >= 0.6 is 11.6 Å². The van der Waals surface area contributed by atoms with Gasteiger partial charge in [0.25, 0.3) is 0 Å². The van der Waals surface area contributed by atoms with Crippen LogP contribution in [-0.4, -0.2) is 20.8 Å². The van der Waals surface area contributed by atoms with E-state index in [2.05, 4.69) is 10.1 Å². The highest BCUT2D eigenvalue weighted by Gasteiger charge is 2.30. The molecule has 20 heavy (non-hydrogen) atoms. The van der Waals surface area contributed by atoms with Gasteiger partial charge in [-0.1, -0.05) is 17.7 Å². The van der Waals surface area contributed by atoms with Crippen LogP contribution in [-0.2, 0) is 0 Å². The average Bonchev–Trinajstić information content (AvgIpc) is 2.77. The van der Waals surface area contributed by atoms with Crippen LogP contribution in [0.15, 0.2) is 36.1 Å². The van der Waals surface area contributed by atoms with Crippen molar-refractivity contribution >= 4 is 22.8 Å². The number of hydrogen-bond acceptors (Lipinski definition) is 2. The zero-order chi connectivity index (χ0) is 14.9. The lowest BCUT2D eigenvalue weighted by Crippen LogP contribution is -2.09. The highest BCUT2D eigenvalue weighted by Crippen LogP contribution is 2.28. The van der Waals surface area contributed by atoms with Crippen molar-refractivity contribution in [2.75, 3.05) is 0 Å². The van der Waals surface area contributed by atoms with E-state index in [1.54, 1.807) is 25.1 Å². The van der Waals surface area contributed by atoms with Crippen molar-refractivity contribution in [2.45, 2.75) is 20.0 Å². The quantitative estimate of drug-likeness (QED) is 0.774. The molecule has 0 saturated heterocycles. The van der Waals surface area contributed by atoms with Gasteiger partial charge in [0.2, 0.25) is 0 Å². The lowest BCUT2D eigenvalue weighted by molar-refractivity contribution is -0.0912. The Morgan fingerprint density at radius 2 is 2.05 bits per heavy atom. The second-order valence-electron chi connectivity index (χ2n) is 4.14. The number of imidazole rings is 1. The first-order chi connectivity index (χ1) is 9.32. The maximum atomic E-state index is 12.6. The van der Waals surface area contributed by atoms with Crippen LogP contribution in [0.3, 0.4) is 0 Å². The fourth-order valence-corrected chi connectivity index (χ4v) is 1.81. The Labute approximate surface area is 118 Å². The molecule has 0 radical (unpaired) electrons. The molecule has 106 valence electrons. The Kier molecular flexibility index (Phi) is 3.85. The minimum absolute atomic E-state index is 0.240. The molecule has 0 aliphatic rings. The Morgan fingerprint density at radius 3 is 2.65 bits per heavy atom. The van der Waals surface area contributed by atoms with Crippen LogP contribution < -0.4 is 0 Å². The summed E-state index contributed by atoms with van der Waals surface area (Å²) in [6.45, 7) is 2.67. The van der Waals surface area contributed by atoms with Crippen molar-refractivity contribution in [1.29, 1.82) is 0 Å². The number of halogens is 4. The van der Waals surface area contributed by atoms with Crippen molar-refractivity contribution in [1.82, 2.24) is 14.6 Å². The summed E-state index contributed by atoms with van der Waals surface area (Å²) in [6.07, 6.45) is -0.263. The molecule has 0 bridgehead atoms. The molecule has 7 heteroatoms. The summed E-state index contributed by atoms with van der Waals surface area (Å²) in [5, 5.41) is 4.28. The molecule has 2 aromatic heterocycles. The second-order valence-corrected chi connectivity index (χ2v) is 4.53. The van der Waals surface area contributed by atoms with Crippen LogP contribution in [0.1, 0.15) is 19.5 Å². The summed E-state index contributed by atoms with van der Waals surface area (Å²) in [7, 11) is 0. The molecule has 0 aromatic carbocycles. The van der Waals surface area contributed by atoms with Crippen molar-refractivity contribution in [3.8, 4) is 0 Å². The van der Waals surface area contributed by atoms with Crippen LogP contribution in [0, 0.1) is 0 Å². The van der Waals surface area contributed by atoms with Crippen LogP contribution in [0.4, 0.5) is 13.2 Å². The molecule has 0 unspecified atom stereocenters. The molecule has 3 nitrogen and oxygen atoms in total. The Hall–Kier alpha value is -1.82. The number of allylic oxidation sites excluding steroid dienone is 4. The summed E-state index contributed by atoms with van der Waals surface area (Å²) in [6, 6.07) is 3.21. The Bertz CT molecular complexity index is 698. The van der Waals surface area contributed by atoms with Gasteiger partial charge in [0.1, 0.15) is 5.15 Å². The smallest absolute Gasteiger partial charge is 0.235 e. The van der Waals surface area contributed by atoms with Gasteiger partial charge >= 0.3 is 6.18 Å². The van der Waals surface area contributed by atoms with Gasteiger partial charge in [-0.25, -0.2) is 9.50 Å². The van der Waals surface area contributed by atoms with Gasteiger partial charge < -0.3 is 0 Å². The topological polar surface area (TPSA) is 30.2 Å². The molecule has 2 aromatic rings. The predicted molar refractivity (Wildman–Crippen MR) is 71.5 cm³/mol.